The molecule has 0 spiro atoms. The first-order valence-corrected chi connectivity index (χ1v) is 19.0. The summed E-state index contributed by atoms with van der Waals surface area (Å²) in [6, 6.07) is 10.7. The molecule has 7 rings (SSSR count). The third-order valence-corrected chi connectivity index (χ3v) is 12.1. The Balaban J connectivity index is 1.05. The van der Waals surface area contributed by atoms with Crippen LogP contribution in [0.15, 0.2) is 48.8 Å². The largest absolute Gasteiger partial charge is 0.480 e. The molecule has 3 aliphatic heterocycles. The fraction of sp³-hybridized carbons (Fsp3) is 0.405. The average molecular weight is 729 g/mol. The molecule has 14 heteroatoms. The Labute approximate surface area is 303 Å². The van der Waals surface area contributed by atoms with E-state index in [9.17, 15) is 29.4 Å². The Bertz CT molecular complexity index is 1980. The fourth-order valence-electron chi connectivity index (χ4n) is 7.54. The summed E-state index contributed by atoms with van der Waals surface area (Å²) in [4.78, 5) is 66.8. The summed E-state index contributed by atoms with van der Waals surface area (Å²) in [6.07, 6.45) is 8.99. The highest BCUT2D eigenvalue weighted by Crippen LogP contribution is 2.40. The van der Waals surface area contributed by atoms with E-state index in [0.29, 0.717) is 67.7 Å². The van der Waals surface area contributed by atoms with Gasteiger partial charge in [0, 0.05) is 53.2 Å². The number of fused-ring (bicyclic) bond motifs is 1. The van der Waals surface area contributed by atoms with Gasteiger partial charge in [0.05, 0.1) is 0 Å². The number of rotatable bonds is 10. The molecule has 2 amide bonds. The van der Waals surface area contributed by atoms with Crippen LogP contribution in [0, 0.1) is 6.92 Å². The minimum Gasteiger partial charge on any atom is -0.480 e. The van der Waals surface area contributed by atoms with Gasteiger partial charge in [-0.3, -0.25) is 29.0 Å². The van der Waals surface area contributed by atoms with E-state index < -0.39 is 24.0 Å². The van der Waals surface area contributed by atoms with Crippen LogP contribution in [-0.4, -0.2) is 85.5 Å². The maximum absolute atomic E-state index is 13.8. The molecule has 0 unspecified atom stereocenters. The van der Waals surface area contributed by atoms with E-state index in [1.807, 2.05) is 53.1 Å². The second-order valence-electron chi connectivity index (χ2n) is 13.3. The number of benzene rings is 2. The number of aliphatic carboxylic acids is 2. The van der Waals surface area contributed by atoms with Gasteiger partial charge in [0.15, 0.2) is 10.0 Å². The minimum atomic E-state index is -0.814. The number of carbonyl (C=O) groups excluding carboxylic acids is 2. The van der Waals surface area contributed by atoms with Crippen molar-refractivity contribution in [3.8, 4) is 11.1 Å². The number of nitrogens with zero attached hydrogens (tertiary/aromatic N) is 5. The highest BCUT2D eigenvalue weighted by molar-refractivity contribution is 7.14. The molecule has 2 saturated heterocycles. The quantitative estimate of drug-likeness (QED) is 0.180. The van der Waals surface area contributed by atoms with Crippen LogP contribution in [0.2, 0.25) is 0 Å². The molecule has 4 aromatic rings. The fourth-order valence-corrected chi connectivity index (χ4v) is 9.26. The third kappa shape index (κ3) is 7.31. The average Bonchev–Trinajstić information content (AvgIpc) is 3.90. The van der Waals surface area contributed by atoms with Gasteiger partial charge in [-0.2, -0.15) is 0 Å². The van der Waals surface area contributed by atoms with E-state index in [2.05, 4.69) is 15.3 Å². The zero-order chi connectivity index (χ0) is 35.6. The van der Waals surface area contributed by atoms with Crippen molar-refractivity contribution in [1.82, 2.24) is 19.8 Å². The standard InChI is InChI=1S/C37H40N6O6S2/c1-22-25(8-6-10-28(22)40-32(44)33-38-18-23(50-33)20-41-15-4-2-11-30(41)36(46)47)26-9-7-13-29-27(26)14-17-43(29)35(45)34-39-19-24(51-34)21-42-16-5-3-12-31(42)37(48)49/h6-10,13,18-19,30-31H,2-5,11-12,14-17,20-21H2,1H3,(H,40,44)(H,46,47)(H,48,49)/t30-,31-/m0/s1. The summed E-state index contributed by atoms with van der Waals surface area (Å²) in [5, 5.41) is 23.0. The van der Waals surface area contributed by atoms with E-state index in [0.717, 1.165) is 63.4 Å². The monoisotopic (exact) mass is 728 g/mol. The first-order valence-electron chi connectivity index (χ1n) is 17.4. The zero-order valence-corrected chi connectivity index (χ0v) is 30.0. The lowest BCUT2D eigenvalue weighted by molar-refractivity contribution is -0.145. The van der Waals surface area contributed by atoms with E-state index in [4.69, 9.17) is 0 Å². The first-order chi connectivity index (χ1) is 24.7. The summed E-state index contributed by atoms with van der Waals surface area (Å²) in [5.74, 6) is -2.11. The van der Waals surface area contributed by atoms with Gasteiger partial charge in [0.1, 0.15) is 12.1 Å². The summed E-state index contributed by atoms with van der Waals surface area (Å²) in [5.41, 5.74) is 5.38. The molecule has 266 valence electrons. The van der Waals surface area contributed by atoms with Gasteiger partial charge in [0.25, 0.3) is 11.8 Å². The molecule has 0 saturated carbocycles. The number of thiazole rings is 2. The van der Waals surface area contributed by atoms with E-state index in [-0.39, 0.29) is 11.8 Å². The Morgan fingerprint density at radius 1 is 0.784 bits per heavy atom. The van der Waals surface area contributed by atoms with Crippen molar-refractivity contribution in [3.05, 3.63) is 79.7 Å². The lowest BCUT2D eigenvalue weighted by Gasteiger charge is -2.32. The lowest BCUT2D eigenvalue weighted by atomic mass is 9.93. The number of likely N-dealkylation sites (tertiary alicyclic amines) is 2. The number of hydrogen-bond donors (Lipinski definition) is 3. The summed E-state index contributed by atoms with van der Waals surface area (Å²) >= 11 is 2.60. The Kier molecular flexibility index (Phi) is 10.3. The summed E-state index contributed by atoms with van der Waals surface area (Å²) in [7, 11) is 0. The molecule has 3 N–H and O–H groups in total. The number of carboxylic acid groups (broad SMARTS) is 2. The molecule has 0 aliphatic carbocycles. The molecule has 0 bridgehead atoms. The normalized spacial score (nSPS) is 19.5. The van der Waals surface area contributed by atoms with E-state index >= 15 is 0 Å². The number of amides is 2. The van der Waals surface area contributed by atoms with Crippen LogP contribution in [0.5, 0.6) is 0 Å². The van der Waals surface area contributed by atoms with Crippen LogP contribution >= 0.6 is 22.7 Å². The highest BCUT2D eigenvalue weighted by atomic mass is 32.1. The number of nitrogens with one attached hydrogen (secondary N) is 1. The van der Waals surface area contributed by atoms with Crippen molar-refractivity contribution in [2.24, 2.45) is 0 Å². The zero-order valence-electron chi connectivity index (χ0n) is 28.3. The van der Waals surface area contributed by atoms with Crippen LogP contribution < -0.4 is 10.2 Å². The highest BCUT2D eigenvalue weighted by Gasteiger charge is 2.32. The smallest absolute Gasteiger partial charge is 0.320 e. The van der Waals surface area contributed by atoms with Crippen LogP contribution in [0.1, 0.15) is 79.0 Å². The Morgan fingerprint density at radius 3 is 2.02 bits per heavy atom. The molecule has 51 heavy (non-hydrogen) atoms. The van der Waals surface area contributed by atoms with Gasteiger partial charge in [-0.1, -0.05) is 37.1 Å². The molecular weight excluding hydrogens is 689 g/mol. The molecule has 3 aliphatic rings. The van der Waals surface area contributed by atoms with Crippen molar-refractivity contribution in [3.63, 3.8) is 0 Å². The summed E-state index contributed by atoms with van der Waals surface area (Å²) < 4.78 is 0. The number of anilines is 2. The summed E-state index contributed by atoms with van der Waals surface area (Å²) in [6.45, 7) is 4.81. The Hall–Kier alpha value is -4.50. The molecule has 2 aromatic heterocycles. The van der Waals surface area contributed by atoms with Gasteiger partial charge in [-0.25, -0.2) is 9.97 Å². The maximum Gasteiger partial charge on any atom is 0.320 e. The van der Waals surface area contributed by atoms with Gasteiger partial charge >= 0.3 is 11.9 Å². The van der Waals surface area contributed by atoms with Crippen LogP contribution in [-0.2, 0) is 29.1 Å². The molecule has 5 heterocycles. The Morgan fingerprint density at radius 2 is 1.37 bits per heavy atom. The predicted molar refractivity (Wildman–Crippen MR) is 196 cm³/mol. The van der Waals surface area contributed by atoms with Crippen molar-refractivity contribution < 1.29 is 29.4 Å². The first kappa shape index (κ1) is 34.9. The minimum absolute atomic E-state index is 0.171. The second kappa shape index (κ2) is 15.0. The third-order valence-electron chi connectivity index (χ3n) is 10.1. The van der Waals surface area contributed by atoms with Gasteiger partial charge in [-0.05, 0) is 86.5 Å². The topological polar surface area (TPSA) is 156 Å². The van der Waals surface area contributed by atoms with Gasteiger partial charge in [-0.15, -0.1) is 22.7 Å². The number of piperidine rings is 2. The van der Waals surface area contributed by atoms with Crippen molar-refractivity contribution in [2.45, 2.75) is 77.0 Å². The molecular formula is C37H40N6O6S2. The number of hydrogen-bond acceptors (Lipinski definition) is 10. The lowest BCUT2D eigenvalue weighted by Crippen LogP contribution is -2.43. The second-order valence-corrected chi connectivity index (χ2v) is 15.6. The molecule has 2 aromatic carbocycles. The molecule has 0 radical (unpaired) electrons. The number of carboxylic acids is 2. The van der Waals surface area contributed by atoms with Crippen molar-refractivity contribution in [2.75, 3.05) is 29.9 Å². The predicted octanol–water partition coefficient (Wildman–Crippen LogP) is 5.91. The SMILES string of the molecule is Cc1c(NC(=O)c2ncc(CN3CCCC[C@H]3C(=O)O)s2)cccc1-c1cccc2c1CCN2C(=O)c1ncc(CN2CCCC[C@H]2C(=O)O)s1. The maximum atomic E-state index is 13.8. The van der Waals surface area contributed by atoms with Crippen LogP contribution in [0.25, 0.3) is 11.1 Å². The van der Waals surface area contributed by atoms with E-state index in [1.165, 1.54) is 22.7 Å². The van der Waals surface area contributed by atoms with Crippen LogP contribution in [0.3, 0.4) is 0 Å². The number of carbonyl (C=O) groups is 4. The van der Waals surface area contributed by atoms with Crippen molar-refractivity contribution in [1.29, 1.82) is 0 Å². The van der Waals surface area contributed by atoms with Gasteiger partial charge in [0.2, 0.25) is 0 Å². The number of aromatic nitrogens is 2. The van der Waals surface area contributed by atoms with Gasteiger partial charge < -0.3 is 20.4 Å². The van der Waals surface area contributed by atoms with Crippen LogP contribution in [0.4, 0.5) is 11.4 Å². The van der Waals surface area contributed by atoms with E-state index in [1.54, 1.807) is 17.3 Å². The molecule has 12 nitrogen and oxygen atoms in total. The van der Waals surface area contributed by atoms with Crippen molar-refractivity contribution >= 4 is 57.8 Å². The molecule has 2 atom stereocenters. The molecule has 2 fully saturated rings.